The molecule has 1 saturated carbocycles. The summed E-state index contributed by atoms with van der Waals surface area (Å²) in [6.45, 7) is 2.55. The van der Waals surface area contributed by atoms with Gasteiger partial charge in [0.05, 0.1) is 0 Å². The van der Waals surface area contributed by atoms with Crippen molar-refractivity contribution < 1.29 is 8.42 Å². The number of nitrogen functional groups attached to an aromatic ring is 1. The highest BCUT2D eigenvalue weighted by atomic mass is 32.2. The molecule has 1 aromatic rings. The molecule has 3 N–H and O–H groups in total. The monoisotopic (exact) mass is 255 g/mol. The average Bonchev–Trinajstić information content (AvgIpc) is 3.10. The summed E-state index contributed by atoms with van der Waals surface area (Å²) in [5.41, 5.74) is 5.41. The van der Waals surface area contributed by atoms with E-state index >= 15 is 0 Å². The van der Waals surface area contributed by atoms with Crippen molar-refractivity contribution >= 4 is 15.8 Å². The van der Waals surface area contributed by atoms with Gasteiger partial charge in [-0.25, -0.2) is 18.1 Å². The number of nitrogens with zero attached hydrogens (tertiary/aromatic N) is 1. The van der Waals surface area contributed by atoms with E-state index in [1.165, 1.54) is 31.2 Å². The number of hydrogen-bond acceptors (Lipinski definition) is 4. The largest absolute Gasteiger partial charge is 0.384 e. The van der Waals surface area contributed by atoms with Crippen LogP contribution in [0.4, 0.5) is 5.82 Å². The lowest BCUT2D eigenvalue weighted by Crippen LogP contribution is -2.29. The van der Waals surface area contributed by atoms with Gasteiger partial charge in [0.25, 0.3) is 0 Å². The summed E-state index contributed by atoms with van der Waals surface area (Å²) in [5.74, 6) is 1.39. The van der Waals surface area contributed by atoms with E-state index in [1.54, 1.807) is 0 Å². The van der Waals surface area contributed by atoms with Crippen molar-refractivity contribution in [1.82, 2.24) is 9.71 Å². The SMILES string of the molecule is CC(CNS(=O)(=O)c1ccc(N)nc1)C1CC1. The lowest BCUT2D eigenvalue weighted by Gasteiger charge is -2.11. The maximum Gasteiger partial charge on any atom is 0.242 e. The van der Waals surface area contributed by atoms with Crippen LogP contribution in [-0.4, -0.2) is 19.9 Å². The molecule has 1 aromatic heterocycles. The summed E-state index contributed by atoms with van der Waals surface area (Å²) in [5, 5.41) is 0. The van der Waals surface area contributed by atoms with Gasteiger partial charge in [0, 0.05) is 12.7 Å². The molecule has 0 radical (unpaired) electrons. The molecule has 1 aliphatic rings. The Morgan fingerprint density at radius 1 is 1.53 bits per heavy atom. The molecular formula is C11H17N3O2S. The molecule has 1 atom stereocenters. The van der Waals surface area contributed by atoms with E-state index in [9.17, 15) is 8.42 Å². The van der Waals surface area contributed by atoms with Crippen LogP contribution in [0.15, 0.2) is 23.2 Å². The van der Waals surface area contributed by atoms with Crippen molar-refractivity contribution in [3.05, 3.63) is 18.3 Å². The third-order valence-electron chi connectivity index (χ3n) is 3.09. The molecule has 0 aromatic carbocycles. The van der Waals surface area contributed by atoms with E-state index in [0.717, 1.165) is 0 Å². The van der Waals surface area contributed by atoms with E-state index in [-0.39, 0.29) is 4.90 Å². The van der Waals surface area contributed by atoms with E-state index < -0.39 is 10.0 Å². The summed E-state index contributed by atoms with van der Waals surface area (Å²) in [6.07, 6.45) is 3.71. The minimum absolute atomic E-state index is 0.162. The van der Waals surface area contributed by atoms with Crippen molar-refractivity contribution in [2.45, 2.75) is 24.7 Å². The van der Waals surface area contributed by atoms with Gasteiger partial charge in [-0.3, -0.25) is 0 Å². The van der Waals surface area contributed by atoms with Crippen LogP contribution in [0.3, 0.4) is 0 Å². The summed E-state index contributed by atoms with van der Waals surface area (Å²) in [6, 6.07) is 2.95. The van der Waals surface area contributed by atoms with Crippen molar-refractivity contribution in [1.29, 1.82) is 0 Å². The summed E-state index contributed by atoms with van der Waals surface area (Å²) >= 11 is 0. The van der Waals surface area contributed by atoms with Crippen molar-refractivity contribution in [3.63, 3.8) is 0 Å². The fourth-order valence-corrected chi connectivity index (χ4v) is 2.79. The quantitative estimate of drug-likeness (QED) is 0.821. The van der Waals surface area contributed by atoms with Crippen LogP contribution in [0.5, 0.6) is 0 Å². The number of nitrogens with two attached hydrogens (primary N) is 1. The van der Waals surface area contributed by atoms with Crippen LogP contribution in [0, 0.1) is 11.8 Å². The van der Waals surface area contributed by atoms with Gasteiger partial charge in [-0.05, 0) is 36.8 Å². The third-order valence-corrected chi connectivity index (χ3v) is 4.50. The molecule has 0 saturated heterocycles. The normalized spacial score (nSPS) is 17.9. The highest BCUT2D eigenvalue weighted by molar-refractivity contribution is 7.89. The Labute approximate surface area is 101 Å². The van der Waals surface area contributed by atoms with Crippen LogP contribution in [0.2, 0.25) is 0 Å². The van der Waals surface area contributed by atoms with E-state index in [2.05, 4.69) is 16.6 Å². The van der Waals surface area contributed by atoms with E-state index in [1.807, 2.05) is 0 Å². The first-order chi connectivity index (χ1) is 7.99. The Balaban J connectivity index is 2.00. The van der Waals surface area contributed by atoms with Crippen molar-refractivity contribution in [2.75, 3.05) is 12.3 Å². The predicted octanol–water partition coefficient (Wildman–Crippen LogP) is 0.988. The Bertz CT molecular complexity index is 480. The van der Waals surface area contributed by atoms with Gasteiger partial charge in [0.15, 0.2) is 0 Å². The molecule has 17 heavy (non-hydrogen) atoms. The molecule has 0 aliphatic heterocycles. The lowest BCUT2D eigenvalue weighted by molar-refractivity contribution is 0.491. The number of aromatic nitrogens is 1. The summed E-state index contributed by atoms with van der Waals surface area (Å²) in [7, 11) is -3.45. The number of nitrogens with one attached hydrogen (secondary N) is 1. The number of anilines is 1. The van der Waals surface area contributed by atoms with Gasteiger partial charge in [-0.15, -0.1) is 0 Å². The molecule has 94 valence electrons. The highest BCUT2D eigenvalue weighted by Crippen LogP contribution is 2.36. The molecule has 0 bridgehead atoms. The standard InChI is InChI=1S/C11H17N3O2S/c1-8(9-2-3-9)6-14-17(15,16)10-4-5-11(12)13-7-10/h4-5,7-9,14H,2-3,6H2,1H3,(H2,12,13). The second kappa shape index (κ2) is 4.62. The fourth-order valence-electron chi connectivity index (χ4n) is 1.71. The molecular weight excluding hydrogens is 238 g/mol. The van der Waals surface area contributed by atoms with Crippen LogP contribution in [0.1, 0.15) is 19.8 Å². The third kappa shape index (κ3) is 3.17. The predicted molar refractivity (Wildman–Crippen MR) is 65.7 cm³/mol. The van der Waals surface area contributed by atoms with Gasteiger partial charge in [-0.1, -0.05) is 6.92 Å². The Morgan fingerprint density at radius 2 is 2.24 bits per heavy atom. The van der Waals surface area contributed by atoms with E-state index in [0.29, 0.717) is 24.2 Å². The Hall–Kier alpha value is -1.14. The molecule has 1 fully saturated rings. The maximum atomic E-state index is 11.9. The van der Waals surface area contributed by atoms with Crippen LogP contribution in [0.25, 0.3) is 0 Å². The summed E-state index contributed by atoms with van der Waals surface area (Å²) < 4.78 is 26.4. The number of pyridine rings is 1. The number of hydrogen-bond donors (Lipinski definition) is 2. The number of rotatable bonds is 5. The average molecular weight is 255 g/mol. The van der Waals surface area contributed by atoms with Gasteiger partial charge >= 0.3 is 0 Å². The first-order valence-electron chi connectivity index (χ1n) is 5.70. The minimum Gasteiger partial charge on any atom is -0.384 e. The molecule has 0 amide bonds. The van der Waals surface area contributed by atoms with Crippen LogP contribution in [-0.2, 0) is 10.0 Å². The zero-order chi connectivity index (χ0) is 12.5. The first-order valence-corrected chi connectivity index (χ1v) is 7.18. The molecule has 0 spiro atoms. The lowest BCUT2D eigenvalue weighted by atomic mass is 10.1. The molecule has 1 unspecified atom stereocenters. The van der Waals surface area contributed by atoms with Crippen molar-refractivity contribution in [3.8, 4) is 0 Å². The van der Waals surface area contributed by atoms with Crippen LogP contribution >= 0.6 is 0 Å². The first kappa shape index (κ1) is 12.3. The molecule has 6 heteroatoms. The zero-order valence-corrected chi connectivity index (χ0v) is 10.6. The van der Waals surface area contributed by atoms with Gasteiger partial charge in [-0.2, -0.15) is 0 Å². The summed E-state index contributed by atoms with van der Waals surface area (Å²) in [4.78, 5) is 3.94. The van der Waals surface area contributed by atoms with Gasteiger partial charge < -0.3 is 5.73 Å². The Morgan fingerprint density at radius 3 is 2.76 bits per heavy atom. The minimum atomic E-state index is -3.45. The fraction of sp³-hybridized carbons (Fsp3) is 0.545. The second-order valence-corrected chi connectivity index (χ2v) is 6.35. The molecule has 2 rings (SSSR count). The Kier molecular flexibility index (Phi) is 3.35. The highest BCUT2D eigenvalue weighted by Gasteiger charge is 2.28. The number of sulfonamides is 1. The maximum absolute atomic E-state index is 11.9. The second-order valence-electron chi connectivity index (χ2n) is 4.59. The van der Waals surface area contributed by atoms with Gasteiger partial charge in [0.1, 0.15) is 10.7 Å². The topological polar surface area (TPSA) is 85.1 Å². The molecule has 1 aliphatic carbocycles. The molecule has 5 nitrogen and oxygen atoms in total. The smallest absolute Gasteiger partial charge is 0.242 e. The molecule has 1 heterocycles. The van der Waals surface area contributed by atoms with Crippen molar-refractivity contribution in [2.24, 2.45) is 11.8 Å². The van der Waals surface area contributed by atoms with Gasteiger partial charge in [0.2, 0.25) is 10.0 Å². The zero-order valence-electron chi connectivity index (χ0n) is 9.76. The van der Waals surface area contributed by atoms with E-state index in [4.69, 9.17) is 5.73 Å². The van der Waals surface area contributed by atoms with Crippen LogP contribution < -0.4 is 10.5 Å².